The molecule has 0 aliphatic rings. The number of rotatable bonds is 13. The molecule has 0 radical (unpaired) electrons. The molecule has 0 aliphatic carbocycles. The fourth-order valence-electron chi connectivity index (χ4n) is 4.31. The van der Waals surface area contributed by atoms with Crippen LogP contribution in [0.2, 0.25) is 0 Å². The van der Waals surface area contributed by atoms with Gasteiger partial charge in [0.2, 0.25) is 0 Å². The van der Waals surface area contributed by atoms with Gasteiger partial charge in [-0.15, -0.1) is 0 Å². The molecule has 0 fully saturated rings. The van der Waals surface area contributed by atoms with Crippen LogP contribution in [0, 0.1) is 20.2 Å². The Balaban J connectivity index is 1.69. The van der Waals surface area contributed by atoms with Gasteiger partial charge in [-0.3, -0.25) is 20.2 Å². The summed E-state index contributed by atoms with van der Waals surface area (Å²) >= 11 is 0. The van der Waals surface area contributed by atoms with E-state index in [0.717, 1.165) is 30.4 Å². The molecule has 7 nitrogen and oxygen atoms in total. The molecule has 0 saturated heterocycles. The van der Waals surface area contributed by atoms with Crippen LogP contribution in [-0.4, -0.2) is 14.4 Å². The third-order valence-electron chi connectivity index (χ3n) is 5.99. The molecule has 0 atom stereocenters. The lowest BCUT2D eigenvalue weighted by Crippen LogP contribution is -1.98. The van der Waals surface area contributed by atoms with Gasteiger partial charge < -0.3 is 4.57 Å². The van der Waals surface area contributed by atoms with Gasteiger partial charge in [-0.2, -0.15) is 0 Å². The summed E-state index contributed by atoms with van der Waals surface area (Å²) in [5.41, 5.74) is 1.77. The van der Waals surface area contributed by atoms with Crippen molar-refractivity contribution >= 4 is 33.2 Å². The molecule has 3 rings (SSSR count). The van der Waals surface area contributed by atoms with Crippen LogP contribution >= 0.6 is 0 Å². The number of nitro benzene ring substituents is 2. The number of non-ortho nitro benzene ring substituents is 2. The molecule has 7 heteroatoms. The highest BCUT2D eigenvalue weighted by Crippen LogP contribution is 2.34. The normalized spacial score (nSPS) is 11.4. The number of nitrogens with zero attached hydrogens (tertiary/aromatic N) is 3. The fourth-order valence-corrected chi connectivity index (χ4v) is 4.31. The quantitative estimate of drug-likeness (QED) is 0.161. The minimum Gasteiger partial charge on any atom is -0.340 e. The first-order chi connectivity index (χ1) is 15.0. The Kier molecular flexibility index (Phi) is 7.98. The Morgan fingerprint density at radius 2 is 1.10 bits per heavy atom. The molecule has 1 heterocycles. The number of fused-ring (bicyclic) bond motifs is 3. The maximum Gasteiger partial charge on any atom is 0.270 e. The second kappa shape index (κ2) is 10.9. The number of aryl methyl sites for hydroxylation is 1. The zero-order valence-electron chi connectivity index (χ0n) is 18.2. The number of aromatic nitrogens is 1. The van der Waals surface area contributed by atoms with Gasteiger partial charge in [0.05, 0.1) is 9.85 Å². The van der Waals surface area contributed by atoms with Crippen LogP contribution in [0.15, 0.2) is 36.4 Å². The lowest BCUT2D eigenvalue weighted by Gasteiger charge is -2.08. The molecule has 0 bridgehead atoms. The summed E-state index contributed by atoms with van der Waals surface area (Å²) in [4.78, 5) is 21.6. The van der Waals surface area contributed by atoms with Gasteiger partial charge in [0.15, 0.2) is 0 Å². The SMILES string of the molecule is CCCCCCCCCCCCn1c2ccc([N+](=O)[O-])cc2c2cc([N+](=O)[O-])ccc21. The molecule has 0 saturated carbocycles. The lowest BCUT2D eigenvalue weighted by atomic mass is 10.1. The van der Waals surface area contributed by atoms with Crippen molar-refractivity contribution in [2.75, 3.05) is 0 Å². The van der Waals surface area contributed by atoms with Crippen molar-refractivity contribution in [1.29, 1.82) is 0 Å². The smallest absolute Gasteiger partial charge is 0.270 e. The van der Waals surface area contributed by atoms with E-state index in [9.17, 15) is 20.2 Å². The summed E-state index contributed by atoms with van der Waals surface area (Å²) in [6.45, 7) is 3.03. The maximum absolute atomic E-state index is 11.2. The van der Waals surface area contributed by atoms with E-state index >= 15 is 0 Å². The number of hydrogen-bond acceptors (Lipinski definition) is 4. The van der Waals surface area contributed by atoms with Crippen LogP contribution < -0.4 is 0 Å². The molecule has 3 aromatic rings. The summed E-state index contributed by atoms with van der Waals surface area (Å²) < 4.78 is 2.14. The summed E-state index contributed by atoms with van der Waals surface area (Å²) in [6, 6.07) is 9.58. The Labute approximate surface area is 182 Å². The van der Waals surface area contributed by atoms with E-state index in [1.54, 1.807) is 12.1 Å². The van der Waals surface area contributed by atoms with Crippen molar-refractivity contribution in [3.8, 4) is 0 Å². The molecule has 31 heavy (non-hydrogen) atoms. The highest BCUT2D eigenvalue weighted by atomic mass is 16.6. The van der Waals surface area contributed by atoms with E-state index in [-0.39, 0.29) is 11.4 Å². The van der Waals surface area contributed by atoms with Crippen molar-refractivity contribution in [2.24, 2.45) is 0 Å². The first-order valence-electron chi connectivity index (χ1n) is 11.4. The molecule has 166 valence electrons. The number of nitro groups is 2. The Hall–Kier alpha value is -2.96. The first kappa shape index (κ1) is 22.7. The van der Waals surface area contributed by atoms with Gasteiger partial charge >= 0.3 is 0 Å². The number of unbranched alkanes of at least 4 members (excludes halogenated alkanes) is 9. The van der Waals surface area contributed by atoms with Gasteiger partial charge in [-0.05, 0) is 18.6 Å². The standard InChI is InChI=1S/C24H31N3O4/c1-2-3-4-5-6-7-8-9-10-11-16-25-23-14-12-19(26(28)29)17-21(23)22-18-20(27(30)31)13-15-24(22)25/h12-15,17-18H,2-11,16H2,1H3. The third kappa shape index (κ3) is 5.60. The Morgan fingerprint density at radius 3 is 1.52 bits per heavy atom. The van der Waals surface area contributed by atoms with Crippen LogP contribution in [0.1, 0.15) is 71.1 Å². The molecular formula is C24H31N3O4. The zero-order valence-corrected chi connectivity index (χ0v) is 18.2. The van der Waals surface area contributed by atoms with Gasteiger partial charge in [-0.25, -0.2) is 0 Å². The number of hydrogen-bond donors (Lipinski definition) is 0. The van der Waals surface area contributed by atoms with Crippen molar-refractivity contribution in [3.05, 3.63) is 56.6 Å². The van der Waals surface area contributed by atoms with E-state index in [1.807, 2.05) is 0 Å². The van der Waals surface area contributed by atoms with E-state index in [0.29, 0.717) is 10.8 Å². The van der Waals surface area contributed by atoms with Gasteiger partial charge in [0.25, 0.3) is 11.4 Å². The topological polar surface area (TPSA) is 91.2 Å². The van der Waals surface area contributed by atoms with Crippen LogP contribution in [0.4, 0.5) is 11.4 Å². The molecule has 0 amide bonds. The summed E-state index contributed by atoms with van der Waals surface area (Å²) in [6.07, 6.45) is 12.6. The summed E-state index contributed by atoms with van der Waals surface area (Å²) in [7, 11) is 0. The van der Waals surface area contributed by atoms with Crippen molar-refractivity contribution in [1.82, 2.24) is 4.57 Å². The molecule has 0 aliphatic heterocycles. The number of benzene rings is 2. The largest absolute Gasteiger partial charge is 0.340 e. The predicted octanol–water partition coefficient (Wildman–Crippen LogP) is 7.53. The highest BCUT2D eigenvalue weighted by molar-refractivity contribution is 6.09. The van der Waals surface area contributed by atoms with Crippen molar-refractivity contribution < 1.29 is 9.85 Å². The summed E-state index contributed by atoms with van der Waals surface area (Å²) in [5, 5.41) is 23.8. The molecule has 0 spiro atoms. The summed E-state index contributed by atoms with van der Waals surface area (Å²) in [5.74, 6) is 0. The van der Waals surface area contributed by atoms with E-state index in [2.05, 4.69) is 11.5 Å². The second-order valence-corrected chi connectivity index (χ2v) is 8.25. The monoisotopic (exact) mass is 425 g/mol. The van der Waals surface area contributed by atoms with Gasteiger partial charge in [-0.1, -0.05) is 64.7 Å². The minimum absolute atomic E-state index is 0.00278. The van der Waals surface area contributed by atoms with E-state index in [1.165, 1.54) is 75.6 Å². The van der Waals surface area contributed by atoms with Crippen molar-refractivity contribution in [3.63, 3.8) is 0 Å². The maximum atomic E-state index is 11.2. The van der Waals surface area contributed by atoms with Crippen LogP contribution in [0.5, 0.6) is 0 Å². The van der Waals surface area contributed by atoms with Gasteiger partial charge in [0, 0.05) is 52.6 Å². The van der Waals surface area contributed by atoms with Crippen LogP contribution in [-0.2, 0) is 6.54 Å². The first-order valence-corrected chi connectivity index (χ1v) is 11.4. The Bertz CT molecular complexity index is 987. The van der Waals surface area contributed by atoms with Crippen LogP contribution in [0.25, 0.3) is 21.8 Å². The van der Waals surface area contributed by atoms with Gasteiger partial charge in [0.1, 0.15) is 0 Å². The second-order valence-electron chi connectivity index (χ2n) is 8.25. The van der Waals surface area contributed by atoms with E-state index < -0.39 is 9.85 Å². The lowest BCUT2D eigenvalue weighted by molar-refractivity contribution is -0.385. The molecule has 1 aromatic heterocycles. The van der Waals surface area contributed by atoms with Crippen molar-refractivity contribution in [2.45, 2.75) is 77.7 Å². The highest BCUT2D eigenvalue weighted by Gasteiger charge is 2.17. The molecule has 2 aromatic carbocycles. The molecule has 0 unspecified atom stereocenters. The molecule has 0 N–H and O–H groups in total. The third-order valence-corrected chi connectivity index (χ3v) is 5.99. The Morgan fingerprint density at radius 1 is 0.677 bits per heavy atom. The minimum atomic E-state index is -0.428. The average Bonchev–Trinajstić information content (AvgIpc) is 3.07. The zero-order chi connectivity index (χ0) is 22.2. The van der Waals surface area contributed by atoms with E-state index in [4.69, 9.17) is 0 Å². The molecular weight excluding hydrogens is 394 g/mol. The predicted molar refractivity (Wildman–Crippen MR) is 125 cm³/mol. The van der Waals surface area contributed by atoms with Crippen LogP contribution in [0.3, 0.4) is 0 Å². The average molecular weight is 426 g/mol. The fraction of sp³-hybridized carbons (Fsp3) is 0.500.